The van der Waals surface area contributed by atoms with Crippen LogP contribution in [0.15, 0.2) is 59.0 Å². The Balaban J connectivity index is 2.03. The molecule has 4 aromatic rings. The molecule has 2 heteroatoms. The SMILES string of the molecule is CC1(C)c2cccc(Cl)c2-c2c1ccc1c2oc2ccccc21. The van der Waals surface area contributed by atoms with E-state index >= 15 is 0 Å². The van der Waals surface area contributed by atoms with Gasteiger partial charge in [0.05, 0.1) is 0 Å². The van der Waals surface area contributed by atoms with Crippen LogP contribution in [-0.4, -0.2) is 0 Å². The van der Waals surface area contributed by atoms with Gasteiger partial charge in [-0.2, -0.15) is 0 Å². The van der Waals surface area contributed by atoms with Gasteiger partial charge in [-0.05, 0) is 23.3 Å². The summed E-state index contributed by atoms with van der Waals surface area (Å²) in [5.41, 5.74) is 6.64. The summed E-state index contributed by atoms with van der Waals surface area (Å²) in [4.78, 5) is 0. The summed E-state index contributed by atoms with van der Waals surface area (Å²) in [6, 6.07) is 18.8. The van der Waals surface area contributed by atoms with Crippen LogP contribution in [-0.2, 0) is 5.41 Å². The Morgan fingerprint density at radius 2 is 1.57 bits per heavy atom. The topological polar surface area (TPSA) is 13.1 Å². The molecule has 1 nitrogen and oxygen atoms in total. The minimum Gasteiger partial charge on any atom is -0.455 e. The second-order valence-corrected chi connectivity index (χ2v) is 7.16. The largest absolute Gasteiger partial charge is 0.455 e. The highest BCUT2D eigenvalue weighted by atomic mass is 35.5. The molecule has 0 spiro atoms. The Morgan fingerprint density at radius 3 is 2.43 bits per heavy atom. The van der Waals surface area contributed by atoms with Crippen LogP contribution in [0.2, 0.25) is 5.02 Å². The van der Waals surface area contributed by atoms with Crippen LogP contribution >= 0.6 is 11.6 Å². The summed E-state index contributed by atoms with van der Waals surface area (Å²) < 4.78 is 6.24. The number of furan rings is 1. The highest BCUT2D eigenvalue weighted by molar-refractivity contribution is 6.34. The molecule has 0 fully saturated rings. The molecule has 0 atom stereocenters. The molecule has 0 saturated heterocycles. The van der Waals surface area contributed by atoms with Crippen molar-refractivity contribution >= 4 is 33.5 Å². The molecule has 0 radical (unpaired) electrons. The minimum atomic E-state index is -0.0667. The van der Waals surface area contributed by atoms with Gasteiger partial charge in [0.25, 0.3) is 0 Å². The molecule has 23 heavy (non-hydrogen) atoms. The Morgan fingerprint density at radius 1 is 0.783 bits per heavy atom. The van der Waals surface area contributed by atoms with Crippen molar-refractivity contribution in [1.29, 1.82) is 0 Å². The number of hydrogen-bond donors (Lipinski definition) is 0. The van der Waals surface area contributed by atoms with Gasteiger partial charge in [0.2, 0.25) is 0 Å². The first kappa shape index (κ1) is 13.2. The van der Waals surface area contributed by atoms with E-state index in [1.165, 1.54) is 11.1 Å². The zero-order valence-electron chi connectivity index (χ0n) is 13.0. The predicted molar refractivity (Wildman–Crippen MR) is 96.3 cm³/mol. The number of halogens is 1. The molecule has 0 amide bonds. The maximum absolute atomic E-state index is 6.58. The molecular formula is C21H15ClO. The lowest BCUT2D eigenvalue weighted by atomic mass is 9.82. The van der Waals surface area contributed by atoms with E-state index in [2.05, 4.69) is 44.2 Å². The van der Waals surface area contributed by atoms with Gasteiger partial charge < -0.3 is 4.42 Å². The smallest absolute Gasteiger partial charge is 0.143 e. The van der Waals surface area contributed by atoms with Gasteiger partial charge in [0.15, 0.2) is 0 Å². The first-order chi connectivity index (χ1) is 11.1. The van der Waals surface area contributed by atoms with Crippen molar-refractivity contribution in [2.75, 3.05) is 0 Å². The Bertz CT molecular complexity index is 1100. The van der Waals surface area contributed by atoms with E-state index in [-0.39, 0.29) is 5.41 Å². The lowest BCUT2D eigenvalue weighted by molar-refractivity contribution is 0.653. The number of rotatable bonds is 0. The van der Waals surface area contributed by atoms with Crippen molar-refractivity contribution in [3.8, 4) is 11.1 Å². The lowest BCUT2D eigenvalue weighted by Crippen LogP contribution is -2.14. The monoisotopic (exact) mass is 318 g/mol. The second-order valence-electron chi connectivity index (χ2n) is 6.75. The Kier molecular flexibility index (Phi) is 2.40. The molecule has 0 aliphatic heterocycles. The van der Waals surface area contributed by atoms with Gasteiger partial charge in [-0.15, -0.1) is 0 Å². The van der Waals surface area contributed by atoms with Gasteiger partial charge in [-0.1, -0.05) is 67.9 Å². The van der Waals surface area contributed by atoms with Crippen molar-refractivity contribution < 1.29 is 4.42 Å². The van der Waals surface area contributed by atoms with Crippen molar-refractivity contribution in [2.45, 2.75) is 19.3 Å². The summed E-state index contributed by atoms with van der Waals surface area (Å²) in [6.07, 6.45) is 0. The van der Waals surface area contributed by atoms with Gasteiger partial charge in [-0.25, -0.2) is 0 Å². The number of para-hydroxylation sites is 1. The molecule has 0 bridgehead atoms. The zero-order valence-corrected chi connectivity index (χ0v) is 13.7. The van der Waals surface area contributed by atoms with Crippen LogP contribution in [0.3, 0.4) is 0 Å². The highest BCUT2D eigenvalue weighted by Gasteiger charge is 2.38. The van der Waals surface area contributed by atoms with E-state index in [0.29, 0.717) is 0 Å². The maximum Gasteiger partial charge on any atom is 0.143 e. The quantitative estimate of drug-likeness (QED) is 0.358. The van der Waals surface area contributed by atoms with Gasteiger partial charge >= 0.3 is 0 Å². The fraction of sp³-hybridized carbons (Fsp3) is 0.143. The van der Waals surface area contributed by atoms with E-state index in [1.807, 2.05) is 24.3 Å². The number of fused-ring (bicyclic) bond motifs is 7. The van der Waals surface area contributed by atoms with Crippen molar-refractivity contribution in [3.63, 3.8) is 0 Å². The average molecular weight is 319 g/mol. The Labute approximate surface area is 139 Å². The van der Waals surface area contributed by atoms with Gasteiger partial charge in [0, 0.05) is 32.3 Å². The van der Waals surface area contributed by atoms with Crippen molar-refractivity contribution in [2.24, 2.45) is 0 Å². The molecule has 3 aromatic carbocycles. The molecule has 1 heterocycles. The summed E-state index contributed by atoms with van der Waals surface area (Å²) >= 11 is 6.58. The standard InChI is InChI=1S/C21H15ClO/c1-21(2)14-7-5-8-16(22)18(14)19-15(21)11-10-13-12-6-3-4-9-17(12)23-20(13)19/h3-11H,1-2H3. The average Bonchev–Trinajstić information content (AvgIpc) is 3.02. The van der Waals surface area contributed by atoms with E-state index in [9.17, 15) is 0 Å². The van der Waals surface area contributed by atoms with Crippen LogP contribution in [0.1, 0.15) is 25.0 Å². The normalized spacial score (nSPS) is 15.1. The highest BCUT2D eigenvalue weighted by Crippen LogP contribution is 2.54. The first-order valence-corrected chi connectivity index (χ1v) is 8.21. The maximum atomic E-state index is 6.58. The van der Waals surface area contributed by atoms with E-state index in [4.69, 9.17) is 16.0 Å². The number of benzene rings is 3. The minimum absolute atomic E-state index is 0.0667. The van der Waals surface area contributed by atoms with Gasteiger partial charge in [-0.3, -0.25) is 0 Å². The Hall–Kier alpha value is -2.25. The van der Waals surface area contributed by atoms with E-state index in [0.717, 1.165) is 38.1 Å². The summed E-state index contributed by atoms with van der Waals surface area (Å²) in [5, 5.41) is 3.11. The molecular weight excluding hydrogens is 304 g/mol. The van der Waals surface area contributed by atoms with E-state index < -0.39 is 0 Å². The molecule has 1 aliphatic carbocycles. The third kappa shape index (κ3) is 1.53. The van der Waals surface area contributed by atoms with Crippen molar-refractivity contribution in [1.82, 2.24) is 0 Å². The van der Waals surface area contributed by atoms with Crippen LogP contribution in [0.4, 0.5) is 0 Å². The second kappa shape index (κ2) is 4.18. The zero-order chi connectivity index (χ0) is 15.8. The lowest BCUT2D eigenvalue weighted by Gasteiger charge is -2.21. The van der Waals surface area contributed by atoms with Crippen molar-refractivity contribution in [3.05, 3.63) is 70.7 Å². The molecule has 0 unspecified atom stereocenters. The van der Waals surface area contributed by atoms with Crippen LogP contribution < -0.4 is 0 Å². The fourth-order valence-corrected chi connectivity index (χ4v) is 4.27. The first-order valence-electron chi connectivity index (χ1n) is 7.83. The molecule has 0 N–H and O–H groups in total. The van der Waals surface area contributed by atoms with Crippen LogP contribution in [0.25, 0.3) is 33.1 Å². The van der Waals surface area contributed by atoms with Crippen LogP contribution in [0, 0.1) is 0 Å². The summed E-state index contributed by atoms with van der Waals surface area (Å²) in [5.74, 6) is 0. The molecule has 0 saturated carbocycles. The summed E-state index contributed by atoms with van der Waals surface area (Å²) in [6.45, 7) is 4.50. The third-order valence-electron chi connectivity index (χ3n) is 5.16. The van der Waals surface area contributed by atoms with Crippen LogP contribution in [0.5, 0.6) is 0 Å². The van der Waals surface area contributed by atoms with Gasteiger partial charge in [0.1, 0.15) is 11.2 Å². The molecule has 1 aromatic heterocycles. The molecule has 1 aliphatic rings. The molecule has 112 valence electrons. The fourth-order valence-electron chi connectivity index (χ4n) is 4.00. The third-order valence-corrected chi connectivity index (χ3v) is 5.47. The van der Waals surface area contributed by atoms with E-state index in [1.54, 1.807) is 0 Å². The number of hydrogen-bond acceptors (Lipinski definition) is 1. The molecule has 5 rings (SSSR count). The summed E-state index contributed by atoms with van der Waals surface area (Å²) in [7, 11) is 0. The predicted octanol–water partition coefficient (Wildman–Crippen LogP) is 6.55.